The van der Waals surface area contributed by atoms with Crippen LogP contribution in [0.2, 0.25) is 0 Å². The predicted octanol–water partition coefficient (Wildman–Crippen LogP) is 2.47. The maximum absolute atomic E-state index is 13.7. The van der Waals surface area contributed by atoms with E-state index < -0.39 is 21.9 Å². The molecule has 0 saturated carbocycles. The minimum absolute atomic E-state index is 0.000638. The fraction of sp³-hybridized carbons (Fsp3) is 0.308. The van der Waals surface area contributed by atoms with Gasteiger partial charge in [-0.05, 0) is 26.8 Å². The van der Waals surface area contributed by atoms with Gasteiger partial charge in [0.15, 0.2) is 5.76 Å². The zero-order chi connectivity index (χ0) is 14.9. The van der Waals surface area contributed by atoms with Crippen molar-refractivity contribution >= 4 is 10.0 Å². The molecule has 0 bridgehead atoms. The maximum Gasteiger partial charge on any atom is 0.246 e. The third kappa shape index (κ3) is 2.73. The quantitative estimate of drug-likeness (QED) is 0.941. The summed E-state index contributed by atoms with van der Waals surface area (Å²) >= 11 is 0. The standard InChI is InChI=1S/C13H15FN2O3S/c1-8(11-6-4-5-7-12(11)14)16-20(17,18)13-9(2)15-19-10(13)3/h4-8,16H,1-3H3/t8-/m0/s1. The number of aromatic nitrogens is 1. The van der Waals surface area contributed by atoms with E-state index in [4.69, 9.17) is 4.52 Å². The number of hydrogen-bond acceptors (Lipinski definition) is 4. The van der Waals surface area contributed by atoms with Gasteiger partial charge in [0, 0.05) is 11.6 Å². The second-order valence-corrected chi connectivity index (χ2v) is 6.17. The van der Waals surface area contributed by atoms with Gasteiger partial charge in [0.2, 0.25) is 10.0 Å². The summed E-state index contributed by atoms with van der Waals surface area (Å²) in [5, 5.41) is 3.61. The van der Waals surface area contributed by atoms with E-state index in [2.05, 4.69) is 9.88 Å². The molecule has 0 amide bonds. The molecule has 1 N–H and O–H groups in total. The van der Waals surface area contributed by atoms with Gasteiger partial charge in [-0.2, -0.15) is 0 Å². The average molecular weight is 298 g/mol. The Morgan fingerprint density at radius 3 is 2.50 bits per heavy atom. The summed E-state index contributed by atoms with van der Waals surface area (Å²) in [7, 11) is -3.82. The molecule has 7 heteroatoms. The highest BCUT2D eigenvalue weighted by Crippen LogP contribution is 2.23. The molecule has 0 saturated heterocycles. The van der Waals surface area contributed by atoms with E-state index in [1.807, 2.05) is 0 Å². The first-order chi connectivity index (χ1) is 9.33. The van der Waals surface area contributed by atoms with E-state index in [1.165, 1.54) is 19.1 Å². The van der Waals surface area contributed by atoms with Crippen LogP contribution in [-0.4, -0.2) is 13.6 Å². The lowest BCUT2D eigenvalue weighted by molar-refractivity contribution is 0.390. The van der Waals surface area contributed by atoms with E-state index >= 15 is 0 Å². The zero-order valence-electron chi connectivity index (χ0n) is 11.3. The van der Waals surface area contributed by atoms with E-state index in [9.17, 15) is 12.8 Å². The lowest BCUT2D eigenvalue weighted by atomic mass is 10.1. The second-order valence-electron chi connectivity index (χ2n) is 4.52. The summed E-state index contributed by atoms with van der Waals surface area (Å²) < 4.78 is 45.5. The molecule has 5 nitrogen and oxygen atoms in total. The summed E-state index contributed by atoms with van der Waals surface area (Å²) in [6, 6.07) is 5.33. The van der Waals surface area contributed by atoms with Gasteiger partial charge < -0.3 is 4.52 Å². The minimum atomic E-state index is -3.82. The second kappa shape index (κ2) is 5.34. The molecule has 1 aromatic heterocycles. The van der Waals surface area contributed by atoms with Gasteiger partial charge in [-0.3, -0.25) is 0 Å². The van der Waals surface area contributed by atoms with Crippen molar-refractivity contribution in [2.75, 3.05) is 0 Å². The summed E-state index contributed by atoms with van der Waals surface area (Å²) in [5.74, 6) is -0.253. The van der Waals surface area contributed by atoms with Crippen LogP contribution in [0.15, 0.2) is 33.7 Å². The Labute approximate surface area is 116 Å². The molecule has 0 unspecified atom stereocenters. The van der Waals surface area contributed by atoms with Gasteiger partial charge >= 0.3 is 0 Å². The topological polar surface area (TPSA) is 72.2 Å². The summed E-state index contributed by atoms with van der Waals surface area (Å²) in [6.07, 6.45) is 0. The molecule has 0 aliphatic carbocycles. The smallest absolute Gasteiger partial charge is 0.246 e. The molecule has 1 heterocycles. The Morgan fingerprint density at radius 2 is 1.95 bits per heavy atom. The normalized spacial score (nSPS) is 13.4. The van der Waals surface area contributed by atoms with Gasteiger partial charge in [0.05, 0.1) is 0 Å². The highest BCUT2D eigenvalue weighted by atomic mass is 32.2. The van der Waals surface area contributed by atoms with Gasteiger partial charge in [0.25, 0.3) is 0 Å². The first-order valence-corrected chi connectivity index (χ1v) is 7.51. The fourth-order valence-electron chi connectivity index (χ4n) is 2.04. The van der Waals surface area contributed by atoms with Crippen molar-refractivity contribution in [2.24, 2.45) is 0 Å². The molecule has 2 rings (SSSR count). The molecule has 0 fully saturated rings. The largest absolute Gasteiger partial charge is 0.360 e. The SMILES string of the molecule is Cc1noc(C)c1S(=O)(=O)N[C@@H](C)c1ccccc1F. The first kappa shape index (κ1) is 14.7. The number of nitrogens with one attached hydrogen (secondary N) is 1. The van der Waals surface area contributed by atoms with Crippen LogP contribution in [0.1, 0.15) is 30.0 Å². The highest BCUT2D eigenvalue weighted by Gasteiger charge is 2.26. The van der Waals surface area contributed by atoms with E-state index in [-0.39, 0.29) is 21.9 Å². The first-order valence-electron chi connectivity index (χ1n) is 6.02. The molecule has 0 aliphatic heterocycles. The third-order valence-electron chi connectivity index (χ3n) is 2.94. The Morgan fingerprint density at radius 1 is 1.30 bits per heavy atom. The number of aryl methyl sites for hydroxylation is 2. The number of sulfonamides is 1. The summed E-state index contributed by atoms with van der Waals surface area (Å²) in [5.41, 5.74) is 0.554. The monoisotopic (exact) mass is 298 g/mol. The Bertz CT molecular complexity index is 705. The lowest BCUT2D eigenvalue weighted by Gasteiger charge is -2.15. The zero-order valence-corrected chi connectivity index (χ0v) is 12.2. The highest BCUT2D eigenvalue weighted by molar-refractivity contribution is 7.89. The molecule has 0 radical (unpaired) electrons. The van der Waals surface area contributed by atoms with E-state index in [1.54, 1.807) is 26.0 Å². The van der Waals surface area contributed by atoms with Crippen LogP contribution in [0, 0.1) is 19.7 Å². The average Bonchev–Trinajstić information content (AvgIpc) is 2.69. The molecular weight excluding hydrogens is 283 g/mol. The van der Waals surface area contributed by atoms with Crippen molar-refractivity contribution in [3.63, 3.8) is 0 Å². The fourth-order valence-corrected chi connectivity index (χ4v) is 3.59. The number of rotatable bonds is 4. The summed E-state index contributed by atoms with van der Waals surface area (Å²) in [4.78, 5) is 0.000638. The summed E-state index contributed by atoms with van der Waals surface area (Å²) in [6.45, 7) is 4.63. The minimum Gasteiger partial charge on any atom is -0.360 e. The van der Waals surface area contributed by atoms with E-state index in [0.29, 0.717) is 0 Å². The van der Waals surface area contributed by atoms with Crippen LogP contribution < -0.4 is 4.72 Å². The van der Waals surface area contributed by atoms with Crippen molar-refractivity contribution in [1.29, 1.82) is 0 Å². The Balaban J connectivity index is 2.32. The number of halogens is 1. The molecule has 2 aromatic rings. The van der Waals surface area contributed by atoms with Crippen LogP contribution >= 0.6 is 0 Å². The predicted molar refractivity (Wildman–Crippen MR) is 71.1 cm³/mol. The molecule has 0 spiro atoms. The van der Waals surface area contributed by atoms with Crippen LogP contribution in [0.5, 0.6) is 0 Å². The lowest BCUT2D eigenvalue weighted by Crippen LogP contribution is -2.28. The number of benzene rings is 1. The Hall–Kier alpha value is -1.73. The molecule has 20 heavy (non-hydrogen) atoms. The van der Waals surface area contributed by atoms with Crippen molar-refractivity contribution in [2.45, 2.75) is 31.7 Å². The maximum atomic E-state index is 13.7. The van der Waals surface area contributed by atoms with Gasteiger partial charge in [-0.1, -0.05) is 23.4 Å². The van der Waals surface area contributed by atoms with Crippen LogP contribution in [0.4, 0.5) is 4.39 Å². The third-order valence-corrected chi connectivity index (χ3v) is 4.72. The van der Waals surface area contributed by atoms with Crippen molar-refractivity contribution in [3.8, 4) is 0 Å². The van der Waals surface area contributed by atoms with Gasteiger partial charge in [-0.15, -0.1) is 0 Å². The number of hydrogen-bond donors (Lipinski definition) is 1. The van der Waals surface area contributed by atoms with Crippen molar-refractivity contribution in [3.05, 3.63) is 47.1 Å². The van der Waals surface area contributed by atoms with E-state index in [0.717, 1.165) is 0 Å². The molecule has 1 aromatic carbocycles. The van der Waals surface area contributed by atoms with Crippen LogP contribution in [0.3, 0.4) is 0 Å². The Kier molecular flexibility index (Phi) is 3.92. The number of nitrogens with zero attached hydrogens (tertiary/aromatic N) is 1. The molecule has 1 atom stereocenters. The van der Waals surface area contributed by atoms with Crippen molar-refractivity contribution < 1.29 is 17.3 Å². The van der Waals surface area contributed by atoms with Crippen molar-refractivity contribution in [1.82, 2.24) is 9.88 Å². The molecular formula is C13H15FN2O3S. The van der Waals surface area contributed by atoms with Crippen LogP contribution in [0.25, 0.3) is 0 Å². The molecule has 0 aliphatic rings. The van der Waals surface area contributed by atoms with Gasteiger partial charge in [0.1, 0.15) is 16.4 Å². The van der Waals surface area contributed by atoms with Crippen LogP contribution in [-0.2, 0) is 10.0 Å². The molecule has 108 valence electrons. The van der Waals surface area contributed by atoms with Gasteiger partial charge in [-0.25, -0.2) is 17.5 Å².